The van der Waals surface area contributed by atoms with E-state index in [1.54, 1.807) is 0 Å². The normalized spacial score (nSPS) is 11.3. The molecule has 0 unspecified atom stereocenters. The maximum absolute atomic E-state index is 6.13. The van der Waals surface area contributed by atoms with Crippen molar-refractivity contribution in [1.82, 2.24) is 14.8 Å². The summed E-state index contributed by atoms with van der Waals surface area (Å²) < 4.78 is 2.20. The van der Waals surface area contributed by atoms with Crippen LogP contribution in [0.1, 0.15) is 44.5 Å². The lowest BCUT2D eigenvalue weighted by Gasteiger charge is -2.16. The maximum Gasteiger partial charge on any atom is 0.169 e. The topological polar surface area (TPSA) is 81.5 Å². The van der Waals surface area contributed by atoms with E-state index in [1.807, 2.05) is 118 Å². The van der Waals surface area contributed by atoms with Crippen LogP contribution in [0.5, 0.6) is 0 Å². The van der Waals surface area contributed by atoms with E-state index in [4.69, 9.17) is 28.9 Å². The Balaban J connectivity index is 0.000000175. The molecular weight excluding hydrogens is 707 g/mol. The lowest BCUT2D eigenvalue weighted by molar-refractivity contribution is 1.03. The van der Waals surface area contributed by atoms with E-state index in [2.05, 4.69) is 94.3 Å². The zero-order valence-corrected chi connectivity index (χ0v) is 32.9. The monoisotopic (exact) mass is 750 g/mol. The van der Waals surface area contributed by atoms with Gasteiger partial charge in [0.1, 0.15) is 0 Å². The molecule has 0 aliphatic carbocycles. The highest BCUT2D eigenvalue weighted by molar-refractivity contribution is 6.71. The van der Waals surface area contributed by atoms with Crippen molar-refractivity contribution in [3.63, 3.8) is 0 Å². The van der Waals surface area contributed by atoms with Gasteiger partial charge in [0.2, 0.25) is 0 Å². The number of nitrogens with zero attached hydrogens (tertiary/aromatic N) is 5. The van der Waals surface area contributed by atoms with Crippen LogP contribution in [-0.2, 0) is 0 Å². The lowest BCUT2D eigenvalue weighted by atomic mass is 10.1. The van der Waals surface area contributed by atoms with E-state index in [1.165, 1.54) is 16.7 Å². The Bertz CT molecular complexity index is 2340. The van der Waals surface area contributed by atoms with Crippen LogP contribution in [0.3, 0.4) is 0 Å². The smallest absolute Gasteiger partial charge is 0.169 e. The Morgan fingerprint density at radius 3 is 1.52 bits per heavy atom. The van der Waals surface area contributed by atoms with Gasteiger partial charge >= 0.3 is 0 Å². The minimum absolute atomic E-state index is 0.312. The first kappa shape index (κ1) is 39.4. The number of para-hydroxylation sites is 2. The molecule has 2 N–H and O–H groups in total. The molecular formula is C46H44Cl2N6. The standard InChI is InChI=1S/C23H21N3.C15H12Cl2N2.C8H11N/c1-16-10-7-8-15-20(16)23-25-24-22(19-13-5-4-6-14-19)26(23)21-17(2)11-9-12-18(21)3;1-11-7-5-6-10-13(11)15(17)19-18-14(16)12-8-3-2-4-9-12;1-6-4-3-5-7(2)8(6)9/h4-15H,1-3H3;2-10H,1H3;3-5H,9H2,1-2H3/b;18-14-,19-15-;. The van der Waals surface area contributed by atoms with Gasteiger partial charge in [0.25, 0.3) is 0 Å². The summed E-state index contributed by atoms with van der Waals surface area (Å²) in [6.45, 7) is 12.4. The van der Waals surface area contributed by atoms with E-state index in [-0.39, 0.29) is 0 Å². The van der Waals surface area contributed by atoms with Crippen molar-refractivity contribution in [2.75, 3.05) is 5.73 Å². The first-order chi connectivity index (χ1) is 26.1. The number of rotatable bonds is 6. The van der Waals surface area contributed by atoms with Gasteiger partial charge in [0.15, 0.2) is 22.0 Å². The van der Waals surface area contributed by atoms with Crippen molar-refractivity contribution < 1.29 is 0 Å². The number of hydrogen-bond acceptors (Lipinski definition) is 5. The molecule has 0 aliphatic rings. The number of halogens is 2. The molecule has 1 heterocycles. The predicted molar refractivity (Wildman–Crippen MR) is 229 cm³/mol. The molecule has 0 aliphatic heterocycles. The van der Waals surface area contributed by atoms with Gasteiger partial charge in [-0.2, -0.15) is 0 Å². The molecule has 6 nitrogen and oxygen atoms in total. The summed E-state index contributed by atoms with van der Waals surface area (Å²) in [7, 11) is 0. The third kappa shape index (κ3) is 9.78. The average Bonchev–Trinajstić information content (AvgIpc) is 3.61. The maximum atomic E-state index is 6.13. The van der Waals surface area contributed by atoms with Gasteiger partial charge in [-0.1, -0.05) is 169 Å². The fraction of sp³-hybridized carbons (Fsp3) is 0.130. The number of nitrogen functional groups attached to an aromatic ring is 1. The molecule has 272 valence electrons. The fourth-order valence-corrected chi connectivity index (χ4v) is 6.25. The highest BCUT2D eigenvalue weighted by atomic mass is 35.5. The molecule has 0 fully saturated rings. The minimum atomic E-state index is 0.312. The Morgan fingerprint density at radius 2 is 0.944 bits per heavy atom. The molecule has 0 radical (unpaired) electrons. The minimum Gasteiger partial charge on any atom is -0.398 e. The molecule has 0 saturated carbocycles. The van der Waals surface area contributed by atoms with Gasteiger partial charge in [0.05, 0.1) is 5.69 Å². The summed E-state index contributed by atoms with van der Waals surface area (Å²) in [6.07, 6.45) is 0. The largest absolute Gasteiger partial charge is 0.398 e. The first-order valence-corrected chi connectivity index (χ1v) is 18.4. The van der Waals surface area contributed by atoms with E-state index in [9.17, 15) is 0 Å². The van der Waals surface area contributed by atoms with Gasteiger partial charge in [-0.15, -0.1) is 20.4 Å². The summed E-state index contributed by atoms with van der Waals surface area (Å²) in [5, 5.41) is 17.7. The molecule has 0 amide bonds. The van der Waals surface area contributed by atoms with Crippen molar-refractivity contribution in [3.8, 4) is 28.5 Å². The van der Waals surface area contributed by atoms with Gasteiger partial charge < -0.3 is 5.73 Å². The Labute approximate surface area is 328 Å². The quantitative estimate of drug-likeness (QED) is 0.104. The summed E-state index contributed by atoms with van der Waals surface area (Å²) in [4.78, 5) is 0. The summed E-state index contributed by atoms with van der Waals surface area (Å²) in [5.74, 6) is 1.74. The van der Waals surface area contributed by atoms with Gasteiger partial charge in [0, 0.05) is 27.9 Å². The van der Waals surface area contributed by atoms with Crippen LogP contribution in [0.15, 0.2) is 156 Å². The van der Waals surface area contributed by atoms with Crippen molar-refractivity contribution in [2.45, 2.75) is 41.5 Å². The second-order valence-corrected chi connectivity index (χ2v) is 13.6. The van der Waals surface area contributed by atoms with Crippen LogP contribution in [0.25, 0.3) is 28.5 Å². The van der Waals surface area contributed by atoms with Crippen LogP contribution < -0.4 is 5.73 Å². The van der Waals surface area contributed by atoms with Crippen LogP contribution in [-0.4, -0.2) is 25.1 Å². The van der Waals surface area contributed by atoms with Gasteiger partial charge in [-0.05, 0) is 74.9 Å². The van der Waals surface area contributed by atoms with Crippen LogP contribution in [0.4, 0.5) is 5.69 Å². The molecule has 1 aromatic heterocycles. The molecule has 0 spiro atoms. The Morgan fingerprint density at radius 1 is 0.481 bits per heavy atom. The molecule has 0 saturated heterocycles. The van der Waals surface area contributed by atoms with Crippen LogP contribution in [0.2, 0.25) is 0 Å². The number of aromatic nitrogens is 3. The van der Waals surface area contributed by atoms with Crippen molar-refractivity contribution in [2.24, 2.45) is 10.2 Å². The summed E-state index contributed by atoms with van der Waals surface area (Å²) in [5.41, 5.74) is 18.5. The summed E-state index contributed by atoms with van der Waals surface area (Å²) >= 11 is 12.2. The van der Waals surface area contributed by atoms with Crippen molar-refractivity contribution in [1.29, 1.82) is 0 Å². The van der Waals surface area contributed by atoms with E-state index >= 15 is 0 Å². The SMILES string of the molecule is Cc1cccc(C)c1N.Cc1ccccc1-c1nnc(-c2ccccc2)n1-c1c(C)cccc1C.Cc1ccccc1/C(Cl)=N/N=C(\Cl)c1ccccc1. The number of nitrogens with two attached hydrogens (primary N) is 1. The highest BCUT2D eigenvalue weighted by Gasteiger charge is 2.20. The first-order valence-electron chi connectivity index (χ1n) is 17.6. The van der Waals surface area contributed by atoms with Gasteiger partial charge in [-0.25, -0.2) is 0 Å². The Hall–Kier alpha value is -5.82. The van der Waals surface area contributed by atoms with E-state index in [0.29, 0.717) is 10.3 Å². The molecule has 7 aromatic rings. The van der Waals surface area contributed by atoms with Gasteiger partial charge in [-0.3, -0.25) is 4.57 Å². The molecule has 8 heteroatoms. The molecule has 6 aromatic carbocycles. The van der Waals surface area contributed by atoms with Crippen molar-refractivity contribution >= 4 is 39.2 Å². The molecule has 54 heavy (non-hydrogen) atoms. The molecule has 0 atom stereocenters. The zero-order chi connectivity index (χ0) is 38.6. The van der Waals surface area contributed by atoms with Crippen molar-refractivity contribution in [3.05, 3.63) is 190 Å². The third-order valence-corrected chi connectivity index (χ3v) is 9.46. The van der Waals surface area contributed by atoms with E-state index in [0.717, 1.165) is 62.0 Å². The Kier molecular flexibility index (Phi) is 13.7. The second-order valence-electron chi connectivity index (χ2n) is 12.9. The number of aryl methyl sites for hydroxylation is 6. The van der Waals surface area contributed by atoms with Crippen LogP contribution in [0, 0.1) is 41.5 Å². The number of hydrogen-bond donors (Lipinski definition) is 1. The summed E-state index contributed by atoms with van der Waals surface area (Å²) in [6, 6.07) is 48.1. The third-order valence-electron chi connectivity index (χ3n) is 8.89. The predicted octanol–water partition coefficient (Wildman–Crippen LogP) is 12.0. The highest BCUT2D eigenvalue weighted by Crippen LogP contribution is 2.32. The zero-order valence-electron chi connectivity index (χ0n) is 31.4. The fourth-order valence-electron chi connectivity index (χ4n) is 5.83. The van der Waals surface area contributed by atoms with E-state index < -0.39 is 0 Å². The molecule has 7 rings (SSSR count). The molecule has 0 bridgehead atoms. The second kappa shape index (κ2) is 18.8. The number of anilines is 1. The lowest BCUT2D eigenvalue weighted by Crippen LogP contribution is -2.05. The number of benzene rings is 6. The van der Waals surface area contributed by atoms with Crippen LogP contribution >= 0.6 is 23.2 Å². The average molecular weight is 752 g/mol.